The fraction of sp³-hybridized carbons (Fsp3) is 0.208. The van der Waals surface area contributed by atoms with Crippen molar-refractivity contribution >= 4 is 28.3 Å². The van der Waals surface area contributed by atoms with E-state index in [-0.39, 0.29) is 0 Å². The first-order valence-electron chi connectivity index (χ1n) is 10.3. The van der Waals surface area contributed by atoms with Crippen LogP contribution in [0.1, 0.15) is 27.9 Å². The summed E-state index contributed by atoms with van der Waals surface area (Å²) in [6.07, 6.45) is 3.52. The molecule has 0 atom stereocenters. The SMILES string of the molecule is CN1CCCc2c(NCc3ccccc3)nc(-c3occ4c(C(N)=O)cccc34)nc21. The summed E-state index contributed by atoms with van der Waals surface area (Å²) < 4.78 is 5.86. The minimum atomic E-state index is -0.491. The number of carbonyl (C=O) groups excluding carboxylic acids is 1. The van der Waals surface area contributed by atoms with E-state index in [1.165, 1.54) is 5.56 Å². The molecule has 3 N–H and O–H groups in total. The molecule has 0 saturated carbocycles. The summed E-state index contributed by atoms with van der Waals surface area (Å²) in [5, 5.41) is 4.93. The first kappa shape index (κ1) is 19.1. The number of benzene rings is 2. The number of anilines is 2. The van der Waals surface area contributed by atoms with Crippen LogP contribution in [0.15, 0.2) is 59.2 Å². The van der Waals surface area contributed by atoms with E-state index in [0.29, 0.717) is 29.1 Å². The van der Waals surface area contributed by atoms with Gasteiger partial charge in [-0.1, -0.05) is 42.5 Å². The fourth-order valence-corrected chi connectivity index (χ4v) is 4.11. The van der Waals surface area contributed by atoms with Gasteiger partial charge in [-0.3, -0.25) is 4.79 Å². The van der Waals surface area contributed by atoms with Gasteiger partial charge in [0.25, 0.3) is 0 Å². The maximum Gasteiger partial charge on any atom is 0.249 e. The molecule has 1 aliphatic heterocycles. The molecule has 7 nitrogen and oxygen atoms in total. The lowest BCUT2D eigenvalue weighted by molar-refractivity contribution is 0.100. The van der Waals surface area contributed by atoms with Gasteiger partial charge in [-0.25, -0.2) is 9.97 Å². The first-order valence-corrected chi connectivity index (χ1v) is 10.3. The maximum atomic E-state index is 11.8. The summed E-state index contributed by atoms with van der Waals surface area (Å²) in [5.74, 6) is 2.24. The zero-order chi connectivity index (χ0) is 21.4. The fourth-order valence-electron chi connectivity index (χ4n) is 4.11. The number of nitrogens with two attached hydrogens (primary N) is 1. The first-order chi connectivity index (χ1) is 15.1. The number of nitrogens with one attached hydrogen (secondary N) is 1. The molecule has 7 heteroatoms. The Bertz CT molecular complexity index is 1270. The van der Waals surface area contributed by atoms with Gasteiger partial charge in [-0.05, 0) is 24.5 Å². The van der Waals surface area contributed by atoms with Gasteiger partial charge < -0.3 is 20.4 Å². The number of hydrogen-bond donors (Lipinski definition) is 2. The van der Waals surface area contributed by atoms with Gasteiger partial charge in [0, 0.05) is 36.5 Å². The molecule has 0 unspecified atom stereocenters. The van der Waals surface area contributed by atoms with Crippen LogP contribution in [0.2, 0.25) is 0 Å². The normalized spacial score (nSPS) is 13.3. The molecule has 0 saturated heterocycles. The van der Waals surface area contributed by atoms with E-state index < -0.39 is 5.91 Å². The average Bonchev–Trinajstić information content (AvgIpc) is 3.22. The molecule has 0 radical (unpaired) electrons. The van der Waals surface area contributed by atoms with Crippen LogP contribution in [-0.2, 0) is 13.0 Å². The Morgan fingerprint density at radius 3 is 2.77 bits per heavy atom. The van der Waals surface area contributed by atoms with Crippen LogP contribution >= 0.6 is 0 Å². The summed E-state index contributed by atoms with van der Waals surface area (Å²) in [5.41, 5.74) is 8.24. The lowest BCUT2D eigenvalue weighted by Gasteiger charge is -2.28. The predicted molar refractivity (Wildman–Crippen MR) is 121 cm³/mol. The van der Waals surface area contributed by atoms with E-state index in [0.717, 1.165) is 42.0 Å². The van der Waals surface area contributed by atoms with E-state index in [1.807, 2.05) is 31.3 Å². The largest absolute Gasteiger partial charge is 0.460 e. The molecule has 1 aliphatic rings. The van der Waals surface area contributed by atoms with Crippen LogP contribution in [-0.4, -0.2) is 29.5 Å². The average molecular weight is 413 g/mol. The van der Waals surface area contributed by atoms with Gasteiger partial charge in [0.2, 0.25) is 5.91 Å². The minimum absolute atomic E-state index is 0.421. The number of carbonyl (C=O) groups is 1. The van der Waals surface area contributed by atoms with Crippen LogP contribution < -0.4 is 16.0 Å². The summed E-state index contributed by atoms with van der Waals surface area (Å²) in [7, 11) is 2.04. The highest BCUT2D eigenvalue weighted by atomic mass is 16.3. The number of amides is 1. The van der Waals surface area contributed by atoms with Crippen molar-refractivity contribution in [3.63, 3.8) is 0 Å². The molecule has 5 rings (SSSR count). The lowest BCUT2D eigenvalue weighted by Crippen LogP contribution is -2.27. The highest BCUT2D eigenvalue weighted by Gasteiger charge is 2.24. The summed E-state index contributed by atoms with van der Waals surface area (Å²) in [6.45, 7) is 1.60. The van der Waals surface area contributed by atoms with Gasteiger partial charge in [-0.2, -0.15) is 0 Å². The van der Waals surface area contributed by atoms with E-state index in [1.54, 1.807) is 18.4 Å². The molecule has 2 aromatic carbocycles. The molecule has 3 heterocycles. The molecule has 156 valence electrons. The van der Waals surface area contributed by atoms with Gasteiger partial charge in [0.1, 0.15) is 17.9 Å². The number of primary amides is 1. The second-order valence-electron chi connectivity index (χ2n) is 7.76. The molecule has 31 heavy (non-hydrogen) atoms. The van der Waals surface area contributed by atoms with Crippen molar-refractivity contribution in [2.75, 3.05) is 23.8 Å². The maximum absolute atomic E-state index is 11.8. The van der Waals surface area contributed by atoms with Crippen LogP contribution in [0, 0.1) is 0 Å². The predicted octanol–water partition coefficient (Wildman–Crippen LogP) is 3.98. The number of furan rings is 1. The summed E-state index contributed by atoms with van der Waals surface area (Å²) in [6, 6.07) is 15.6. The Kier molecular flexibility index (Phi) is 4.78. The van der Waals surface area contributed by atoms with Crippen molar-refractivity contribution in [3.05, 3.63) is 71.5 Å². The van der Waals surface area contributed by atoms with Gasteiger partial charge in [-0.15, -0.1) is 0 Å². The number of rotatable bonds is 5. The summed E-state index contributed by atoms with van der Waals surface area (Å²) in [4.78, 5) is 23.6. The van der Waals surface area contributed by atoms with Crippen molar-refractivity contribution in [1.82, 2.24) is 9.97 Å². The second kappa shape index (κ2) is 7.75. The van der Waals surface area contributed by atoms with E-state index in [4.69, 9.17) is 20.1 Å². The quantitative estimate of drug-likeness (QED) is 0.514. The third kappa shape index (κ3) is 3.48. The molecule has 1 amide bonds. The number of nitrogens with zero attached hydrogens (tertiary/aromatic N) is 3. The monoisotopic (exact) mass is 413 g/mol. The zero-order valence-corrected chi connectivity index (χ0v) is 17.3. The molecule has 0 fully saturated rings. The van der Waals surface area contributed by atoms with Gasteiger partial charge in [0.05, 0.1) is 5.56 Å². The Hall–Kier alpha value is -3.87. The van der Waals surface area contributed by atoms with E-state index in [9.17, 15) is 4.79 Å². The van der Waals surface area contributed by atoms with Crippen molar-refractivity contribution in [3.8, 4) is 11.6 Å². The topological polar surface area (TPSA) is 97.3 Å². The molecule has 0 bridgehead atoms. The Morgan fingerprint density at radius 2 is 1.97 bits per heavy atom. The zero-order valence-electron chi connectivity index (χ0n) is 17.3. The molecule has 2 aromatic heterocycles. The Balaban J connectivity index is 1.61. The van der Waals surface area contributed by atoms with Gasteiger partial charge >= 0.3 is 0 Å². The smallest absolute Gasteiger partial charge is 0.249 e. The van der Waals surface area contributed by atoms with Gasteiger partial charge in [0.15, 0.2) is 11.6 Å². The number of aromatic nitrogens is 2. The third-order valence-corrected chi connectivity index (χ3v) is 5.68. The number of fused-ring (bicyclic) bond motifs is 2. The van der Waals surface area contributed by atoms with Crippen LogP contribution in [0.5, 0.6) is 0 Å². The highest BCUT2D eigenvalue weighted by Crippen LogP contribution is 2.36. The molecule has 0 spiro atoms. The lowest BCUT2D eigenvalue weighted by atomic mass is 10.1. The van der Waals surface area contributed by atoms with E-state index in [2.05, 4.69) is 22.3 Å². The third-order valence-electron chi connectivity index (χ3n) is 5.68. The van der Waals surface area contributed by atoms with Crippen LogP contribution in [0.3, 0.4) is 0 Å². The highest BCUT2D eigenvalue weighted by molar-refractivity contribution is 6.08. The molecule has 0 aliphatic carbocycles. The van der Waals surface area contributed by atoms with Crippen LogP contribution in [0.25, 0.3) is 22.4 Å². The van der Waals surface area contributed by atoms with Crippen LogP contribution in [0.4, 0.5) is 11.6 Å². The second-order valence-corrected chi connectivity index (χ2v) is 7.76. The van der Waals surface area contributed by atoms with Crippen molar-refractivity contribution < 1.29 is 9.21 Å². The summed E-state index contributed by atoms with van der Waals surface area (Å²) >= 11 is 0. The van der Waals surface area contributed by atoms with Crippen molar-refractivity contribution in [2.24, 2.45) is 5.73 Å². The number of hydrogen-bond acceptors (Lipinski definition) is 6. The minimum Gasteiger partial charge on any atom is -0.460 e. The molecular weight excluding hydrogens is 390 g/mol. The molecule has 4 aromatic rings. The Labute approximate surface area is 179 Å². The molecular formula is C24H23N5O2. The van der Waals surface area contributed by atoms with Crippen molar-refractivity contribution in [1.29, 1.82) is 0 Å². The standard InChI is InChI=1S/C24H23N5O2/c1-29-12-6-11-18-22(26-13-15-7-3-2-4-8-15)27-23(28-24(18)29)20-16-9-5-10-17(21(25)30)19(16)14-31-20/h2-5,7-10,14H,6,11-13H2,1H3,(H2,25,30)(H,26,27,28). The van der Waals surface area contributed by atoms with E-state index >= 15 is 0 Å². The van der Waals surface area contributed by atoms with Crippen molar-refractivity contribution in [2.45, 2.75) is 19.4 Å². The Morgan fingerprint density at radius 1 is 1.13 bits per heavy atom.